The van der Waals surface area contributed by atoms with Crippen molar-refractivity contribution in [3.8, 4) is 0 Å². The van der Waals surface area contributed by atoms with Crippen molar-refractivity contribution in [1.82, 2.24) is 9.97 Å². The number of hydrogen-bond donors (Lipinski definition) is 1. The minimum Gasteiger partial charge on any atom is -0.370 e. The van der Waals surface area contributed by atoms with Gasteiger partial charge >= 0.3 is 0 Å². The molecule has 0 saturated carbocycles. The lowest BCUT2D eigenvalue weighted by Crippen LogP contribution is -2.10. The van der Waals surface area contributed by atoms with E-state index >= 15 is 0 Å². The normalized spacial score (nSPS) is 10.9. The summed E-state index contributed by atoms with van der Waals surface area (Å²) < 4.78 is 0. The Bertz CT molecular complexity index is 345. The molecule has 0 unspecified atom stereocenters. The molecule has 1 rings (SSSR count). The van der Waals surface area contributed by atoms with Crippen molar-refractivity contribution < 1.29 is 0 Å². The molecule has 0 aromatic carbocycles. The monoisotopic (exact) mass is 221 g/mol. The van der Waals surface area contributed by atoms with Crippen molar-refractivity contribution in [2.45, 2.75) is 47.5 Å². The van der Waals surface area contributed by atoms with E-state index in [0.29, 0.717) is 5.92 Å². The third-order valence-electron chi connectivity index (χ3n) is 2.50. The third kappa shape index (κ3) is 3.47. The highest BCUT2D eigenvalue weighted by Crippen LogP contribution is 2.18. The second-order valence-electron chi connectivity index (χ2n) is 4.72. The first-order valence-corrected chi connectivity index (χ1v) is 6.12. The van der Waals surface area contributed by atoms with E-state index in [-0.39, 0.29) is 0 Å². The Morgan fingerprint density at radius 1 is 1.19 bits per heavy atom. The van der Waals surface area contributed by atoms with E-state index in [0.717, 1.165) is 31.0 Å². The van der Waals surface area contributed by atoms with Gasteiger partial charge in [-0.2, -0.15) is 0 Å². The summed E-state index contributed by atoms with van der Waals surface area (Å²) in [6.45, 7) is 11.6. The molecule has 0 fully saturated rings. The van der Waals surface area contributed by atoms with E-state index in [9.17, 15) is 0 Å². The smallest absolute Gasteiger partial charge is 0.132 e. The summed E-state index contributed by atoms with van der Waals surface area (Å²) in [6.07, 6.45) is 2.14. The molecular formula is C13H23N3. The Kier molecular flexibility index (Phi) is 4.71. The van der Waals surface area contributed by atoms with Crippen LogP contribution in [0.4, 0.5) is 5.82 Å². The van der Waals surface area contributed by atoms with Gasteiger partial charge in [0.2, 0.25) is 0 Å². The molecule has 3 nitrogen and oxygen atoms in total. The summed E-state index contributed by atoms with van der Waals surface area (Å²) in [5.74, 6) is 2.50. The molecule has 0 saturated heterocycles. The van der Waals surface area contributed by atoms with Gasteiger partial charge in [0.1, 0.15) is 11.6 Å². The van der Waals surface area contributed by atoms with Crippen LogP contribution in [0.25, 0.3) is 0 Å². The van der Waals surface area contributed by atoms with Gasteiger partial charge < -0.3 is 5.32 Å². The van der Waals surface area contributed by atoms with E-state index in [1.54, 1.807) is 0 Å². The summed E-state index contributed by atoms with van der Waals surface area (Å²) in [5, 5.41) is 3.37. The highest BCUT2D eigenvalue weighted by atomic mass is 15.0. The lowest BCUT2D eigenvalue weighted by atomic mass is 10.0. The molecule has 1 N–H and O–H groups in total. The summed E-state index contributed by atoms with van der Waals surface area (Å²) in [5.41, 5.74) is 2.38. The van der Waals surface area contributed by atoms with Crippen LogP contribution in [0.1, 0.15) is 44.3 Å². The maximum absolute atomic E-state index is 4.53. The second kappa shape index (κ2) is 5.83. The van der Waals surface area contributed by atoms with Crippen molar-refractivity contribution in [2.24, 2.45) is 5.92 Å². The fourth-order valence-electron chi connectivity index (χ4n) is 1.69. The van der Waals surface area contributed by atoms with Crippen molar-refractivity contribution >= 4 is 5.82 Å². The zero-order chi connectivity index (χ0) is 12.1. The minimum atomic E-state index is 0.632. The molecular weight excluding hydrogens is 198 g/mol. The number of aryl methyl sites for hydroxylation is 1. The Labute approximate surface area is 98.7 Å². The predicted molar refractivity (Wildman–Crippen MR) is 68.8 cm³/mol. The standard InChI is InChI=1S/C13H23N3/c1-6-7-14-13-10(4)12(8-9(2)3)15-11(5)16-13/h9H,6-8H2,1-5H3,(H,14,15,16). The third-order valence-corrected chi connectivity index (χ3v) is 2.50. The molecule has 0 spiro atoms. The first-order chi connectivity index (χ1) is 7.54. The van der Waals surface area contributed by atoms with Gasteiger partial charge in [-0.3, -0.25) is 0 Å². The highest BCUT2D eigenvalue weighted by molar-refractivity contribution is 5.45. The minimum absolute atomic E-state index is 0.632. The van der Waals surface area contributed by atoms with Crippen molar-refractivity contribution in [3.63, 3.8) is 0 Å². The largest absolute Gasteiger partial charge is 0.370 e. The fraction of sp³-hybridized carbons (Fsp3) is 0.692. The average Bonchev–Trinajstić information content (AvgIpc) is 2.20. The molecule has 90 valence electrons. The van der Waals surface area contributed by atoms with Crippen LogP contribution < -0.4 is 5.32 Å². The maximum Gasteiger partial charge on any atom is 0.132 e. The zero-order valence-corrected chi connectivity index (χ0v) is 11.1. The van der Waals surface area contributed by atoms with Crippen molar-refractivity contribution in [1.29, 1.82) is 0 Å². The first-order valence-electron chi connectivity index (χ1n) is 6.12. The van der Waals surface area contributed by atoms with Gasteiger partial charge in [0, 0.05) is 17.8 Å². The highest BCUT2D eigenvalue weighted by Gasteiger charge is 2.09. The van der Waals surface area contributed by atoms with E-state index in [4.69, 9.17) is 0 Å². The van der Waals surface area contributed by atoms with Crippen molar-refractivity contribution in [3.05, 3.63) is 17.1 Å². The molecule has 1 aromatic rings. The van der Waals surface area contributed by atoms with Gasteiger partial charge in [0.15, 0.2) is 0 Å². The molecule has 1 aromatic heterocycles. The van der Waals surface area contributed by atoms with E-state index in [2.05, 4.69) is 43.0 Å². The number of anilines is 1. The maximum atomic E-state index is 4.53. The molecule has 16 heavy (non-hydrogen) atoms. The molecule has 0 amide bonds. The topological polar surface area (TPSA) is 37.8 Å². The fourth-order valence-corrected chi connectivity index (χ4v) is 1.69. The summed E-state index contributed by atoms with van der Waals surface area (Å²) in [6, 6.07) is 0. The van der Waals surface area contributed by atoms with Crippen LogP contribution in [-0.2, 0) is 6.42 Å². The second-order valence-corrected chi connectivity index (χ2v) is 4.72. The van der Waals surface area contributed by atoms with E-state index < -0.39 is 0 Å². The quantitative estimate of drug-likeness (QED) is 0.830. The van der Waals surface area contributed by atoms with Crippen LogP contribution in [0.2, 0.25) is 0 Å². The van der Waals surface area contributed by atoms with E-state index in [1.165, 1.54) is 11.3 Å². The van der Waals surface area contributed by atoms with Gasteiger partial charge in [0.05, 0.1) is 0 Å². The first kappa shape index (κ1) is 12.9. The lowest BCUT2D eigenvalue weighted by molar-refractivity contribution is 0.629. The van der Waals surface area contributed by atoms with Crippen LogP contribution in [0, 0.1) is 19.8 Å². The van der Waals surface area contributed by atoms with Gasteiger partial charge in [0.25, 0.3) is 0 Å². The number of hydrogen-bond acceptors (Lipinski definition) is 3. The molecule has 0 aliphatic rings. The Hall–Kier alpha value is -1.12. The number of nitrogens with one attached hydrogen (secondary N) is 1. The van der Waals surface area contributed by atoms with Crippen LogP contribution in [-0.4, -0.2) is 16.5 Å². The average molecular weight is 221 g/mol. The SMILES string of the molecule is CCCNc1nc(C)nc(CC(C)C)c1C. The summed E-state index contributed by atoms with van der Waals surface area (Å²) in [7, 11) is 0. The molecule has 0 aliphatic heterocycles. The van der Waals surface area contributed by atoms with Gasteiger partial charge in [-0.25, -0.2) is 9.97 Å². The van der Waals surface area contributed by atoms with Crippen LogP contribution in [0.15, 0.2) is 0 Å². The summed E-state index contributed by atoms with van der Waals surface area (Å²) in [4.78, 5) is 8.99. The van der Waals surface area contributed by atoms with Gasteiger partial charge in [-0.15, -0.1) is 0 Å². The van der Waals surface area contributed by atoms with Crippen LogP contribution in [0.3, 0.4) is 0 Å². The Morgan fingerprint density at radius 3 is 2.44 bits per heavy atom. The Balaban J connectivity index is 2.95. The molecule has 0 bridgehead atoms. The summed E-state index contributed by atoms with van der Waals surface area (Å²) >= 11 is 0. The lowest BCUT2D eigenvalue weighted by Gasteiger charge is -2.13. The van der Waals surface area contributed by atoms with Crippen LogP contribution in [0.5, 0.6) is 0 Å². The Morgan fingerprint density at radius 2 is 1.88 bits per heavy atom. The molecule has 0 aliphatic carbocycles. The molecule has 0 atom stereocenters. The predicted octanol–water partition coefficient (Wildman–Crippen LogP) is 3.11. The number of nitrogens with zero attached hydrogens (tertiary/aromatic N) is 2. The van der Waals surface area contributed by atoms with Gasteiger partial charge in [-0.1, -0.05) is 20.8 Å². The van der Waals surface area contributed by atoms with Crippen molar-refractivity contribution in [2.75, 3.05) is 11.9 Å². The zero-order valence-electron chi connectivity index (χ0n) is 11.1. The number of aromatic nitrogens is 2. The van der Waals surface area contributed by atoms with Crippen LogP contribution >= 0.6 is 0 Å². The molecule has 0 radical (unpaired) electrons. The molecule has 1 heterocycles. The van der Waals surface area contributed by atoms with E-state index in [1.807, 2.05) is 6.92 Å². The van der Waals surface area contributed by atoms with Gasteiger partial charge in [-0.05, 0) is 32.6 Å². The number of rotatable bonds is 5. The molecule has 3 heteroatoms.